The quantitative estimate of drug-likeness (QED) is 0.454. The monoisotopic (exact) mass is 162 g/mol. The molecule has 0 atom stereocenters. The highest BCUT2D eigenvalue weighted by Crippen LogP contribution is 2.05. The number of rotatable bonds is 6. The summed E-state index contributed by atoms with van der Waals surface area (Å²) in [6.45, 7) is 2.18. The van der Waals surface area contributed by atoms with E-state index < -0.39 is 9.28 Å². The number of unbranched alkanes of at least 4 members (excludes halogenated alkanes) is 4. The zero-order chi connectivity index (χ0) is 7.82. The molecule has 0 rings (SSSR count). The van der Waals surface area contributed by atoms with E-state index >= 15 is 0 Å². The van der Waals surface area contributed by atoms with Crippen molar-refractivity contribution in [3.05, 3.63) is 0 Å². The normalized spacial score (nSPS) is 10.8. The molecular formula is C7H18O2Si. The van der Waals surface area contributed by atoms with Crippen LogP contribution in [0.15, 0.2) is 0 Å². The Kier molecular flexibility index (Phi) is 7.35. The minimum absolute atomic E-state index is 0.670. The van der Waals surface area contributed by atoms with Gasteiger partial charge in [0.15, 0.2) is 0 Å². The third-order valence-corrected chi connectivity index (χ3v) is 2.49. The van der Waals surface area contributed by atoms with E-state index in [1.165, 1.54) is 25.7 Å². The van der Waals surface area contributed by atoms with Gasteiger partial charge in [-0.05, 0) is 6.04 Å². The Morgan fingerprint density at radius 1 is 1.00 bits per heavy atom. The molecule has 0 saturated carbocycles. The second-order valence-corrected chi connectivity index (χ2v) is 4.22. The van der Waals surface area contributed by atoms with E-state index in [0.29, 0.717) is 6.04 Å². The van der Waals surface area contributed by atoms with Crippen LogP contribution in [0.2, 0.25) is 6.04 Å². The van der Waals surface area contributed by atoms with Crippen molar-refractivity contribution >= 4 is 9.28 Å². The van der Waals surface area contributed by atoms with Gasteiger partial charge in [-0.1, -0.05) is 39.0 Å². The Labute approximate surface area is 64.7 Å². The first kappa shape index (κ1) is 10.1. The molecule has 62 valence electrons. The Balaban J connectivity index is 2.77. The molecule has 0 unspecified atom stereocenters. The predicted molar refractivity (Wildman–Crippen MR) is 45.2 cm³/mol. The number of hydrogen-bond acceptors (Lipinski definition) is 2. The molecule has 0 aliphatic heterocycles. The lowest BCUT2D eigenvalue weighted by Crippen LogP contribution is -2.09. The Morgan fingerprint density at radius 2 is 1.60 bits per heavy atom. The molecule has 0 heterocycles. The molecule has 0 bridgehead atoms. The smallest absolute Gasteiger partial charge is 0.315 e. The van der Waals surface area contributed by atoms with Gasteiger partial charge in [0.2, 0.25) is 0 Å². The summed E-state index contributed by atoms with van der Waals surface area (Å²) in [5.74, 6) is 0. The van der Waals surface area contributed by atoms with Gasteiger partial charge in [0.1, 0.15) is 0 Å². The second kappa shape index (κ2) is 7.25. The second-order valence-electron chi connectivity index (χ2n) is 2.68. The lowest BCUT2D eigenvalue weighted by Gasteiger charge is -1.99. The molecule has 0 aromatic rings. The molecule has 0 saturated heterocycles. The maximum atomic E-state index is 8.60. The summed E-state index contributed by atoms with van der Waals surface area (Å²) in [5.41, 5.74) is 0. The van der Waals surface area contributed by atoms with Crippen LogP contribution >= 0.6 is 0 Å². The highest BCUT2D eigenvalue weighted by atomic mass is 28.3. The summed E-state index contributed by atoms with van der Waals surface area (Å²) in [6.07, 6.45) is 5.95. The Hall–Kier alpha value is 0.137. The first-order valence-electron chi connectivity index (χ1n) is 4.13. The minimum Gasteiger partial charge on any atom is -0.413 e. The van der Waals surface area contributed by atoms with Gasteiger partial charge in [-0.3, -0.25) is 0 Å². The maximum Gasteiger partial charge on any atom is 0.315 e. The first-order chi connectivity index (χ1) is 4.77. The Morgan fingerprint density at radius 3 is 2.10 bits per heavy atom. The fourth-order valence-corrected chi connectivity index (χ4v) is 1.58. The number of hydrogen-bond donors (Lipinski definition) is 2. The van der Waals surface area contributed by atoms with E-state index in [-0.39, 0.29) is 0 Å². The van der Waals surface area contributed by atoms with Crippen LogP contribution in [0.3, 0.4) is 0 Å². The Bertz CT molecular complexity index is 66.6. The summed E-state index contributed by atoms with van der Waals surface area (Å²) < 4.78 is 0. The van der Waals surface area contributed by atoms with Crippen LogP contribution in [0.4, 0.5) is 0 Å². The fraction of sp³-hybridized carbons (Fsp3) is 1.00. The SMILES string of the molecule is CCCCCCC[SiH](O)O. The molecule has 3 heteroatoms. The van der Waals surface area contributed by atoms with Gasteiger partial charge in [0, 0.05) is 0 Å². The van der Waals surface area contributed by atoms with Gasteiger partial charge >= 0.3 is 9.28 Å². The van der Waals surface area contributed by atoms with Gasteiger partial charge in [-0.25, -0.2) is 0 Å². The molecule has 0 aromatic carbocycles. The highest BCUT2D eigenvalue weighted by molar-refractivity contribution is 6.40. The van der Waals surface area contributed by atoms with Crippen molar-refractivity contribution in [1.82, 2.24) is 0 Å². The molecular weight excluding hydrogens is 144 g/mol. The van der Waals surface area contributed by atoms with Crippen LogP contribution in [-0.2, 0) is 0 Å². The van der Waals surface area contributed by atoms with Crippen molar-refractivity contribution in [1.29, 1.82) is 0 Å². The van der Waals surface area contributed by atoms with Crippen molar-refractivity contribution in [2.45, 2.75) is 45.1 Å². The molecule has 0 spiro atoms. The molecule has 0 amide bonds. The van der Waals surface area contributed by atoms with Gasteiger partial charge in [-0.15, -0.1) is 0 Å². The summed E-state index contributed by atoms with van der Waals surface area (Å²) in [6, 6.07) is 0.670. The van der Waals surface area contributed by atoms with Crippen molar-refractivity contribution in [3.8, 4) is 0 Å². The average Bonchev–Trinajstić information content (AvgIpc) is 1.87. The van der Waals surface area contributed by atoms with Crippen molar-refractivity contribution in [3.63, 3.8) is 0 Å². The first-order valence-corrected chi connectivity index (χ1v) is 5.98. The van der Waals surface area contributed by atoms with Gasteiger partial charge in [-0.2, -0.15) is 0 Å². The van der Waals surface area contributed by atoms with Crippen LogP contribution in [0.25, 0.3) is 0 Å². The zero-order valence-electron chi connectivity index (χ0n) is 6.71. The molecule has 0 aliphatic rings. The standard InChI is InChI=1S/C7H18O2Si/c1-2-3-4-5-6-7-10(8)9/h8-10H,2-7H2,1H3. The van der Waals surface area contributed by atoms with E-state index in [4.69, 9.17) is 9.59 Å². The van der Waals surface area contributed by atoms with E-state index in [0.717, 1.165) is 6.42 Å². The van der Waals surface area contributed by atoms with Crippen molar-refractivity contribution in [2.75, 3.05) is 0 Å². The lowest BCUT2D eigenvalue weighted by molar-refractivity contribution is 0.401. The topological polar surface area (TPSA) is 40.5 Å². The largest absolute Gasteiger partial charge is 0.413 e. The summed E-state index contributed by atoms with van der Waals surface area (Å²) in [7, 11) is -2.22. The zero-order valence-corrected chi connectivity index (χ0v) is 7.87. The van der Waals surface area contributed by atoms with Crippen LogP contribution in [0.1, 0.15) is 39.0 Å². The van der Waals surface area contributed by atoms with Gasteiger partial charge in [0.25, 0.3) is 0 Å². The highest BCUT2D eigenvalue weighted by Gasteiger charge is 1.99. The van der Waals surface area contributed by atoms with E-state index in [1.54, 1.807) is 0 Å². The van der Waals surface area contributed by atoms with Crippen LogP contribution in [0.5, 0.6) is 0 Å². The predicted octanol–water partition coefficient (Wildman–Crippen LogP) is 1.16. The van der Waals surface area contributed by atoms with E-state index in [9.17, 15) is 0 Å². The van der Waals surface area contributed by atoms with Crippen molar-refractivity contribution < 1.29 is 9.59 Å². The fourth-order valence-electron chi connectivity index (χ4n) is 0.930. The van der Waals surface area contributed by atoms with Crippen LogP contribution < -0.4 is 0 Å². The molecule has 10 heavy (non-hydrogen) atoms. The molecule has 2 nitrogen and oxygen atoms in total. The van der Waals surface area contributed by atoms with Gasteiger partial charge in [0.05, 0.1) is 0 Å². The van der Waals surface area contributed by atoms with Gasteiger partial charge < -0.3 is 9.59 Å². The summed E-state index contributed by atoms with van der Waals surface area (Å²) in [5, 5.41) is 0. The molecule has 0 aromatic heterocycles. The average molecular weight is 162 g/mol. The van der Waals surface area contributed by atoms with E-state index in [2.05, 4.69) is 6.92 Å². The summed E-state index contributed by atoms with van der Waals surface area (Å²) >= 11 is 0. The molecule has 2 N–H and O–H groups in total. The minimum atomic E-state index is -2.22. The maximum absolute atomic E-state index is 8.60. The third kappa shape index (κ3) is 8.14. The van der Waals surface area contributed by atoms with Crippen molar-refractivity contribution in [2.24, 2.45) is 0 Å². The van der Waals surface area contributed by atoms with Crippen LogP contribution in [-0.4, -0.2) is 18.9 Å². The third-order valence-electron chi connectivity index (χ3n) is 1.57. The lowest BCUT2D eigenvalue weighted by atomic mass is 10.2. The van der Waals surface area contributed by atoms with Crippen LogP contribution in [0, 0.1) is 0 Å². The molecule has 0 radical (unpaired) electrons. The van der Waals surface area contributed by atoms with E-state index in [1.807, 2.05) is 0 Å². The summed E-state index contributed by atoms with van der Waals surface area (Å²) in [4.78, 5) is 17.2. The molecule has 0 fully saturated rings. The molecule has 0 aliphatic carbocycles.